The Balaban J connectivity index is 1.27. The highest BCUT2D eigenvalue weighted by molar-refractivity contribution is 5.28. The summed E-state index contributed by atoms with van der Waals surface area (Å²) in [5.41, 5.74) is 2.56. The third-order valence-electron chi connectivity index (χ3n) is 4.94. The molecule has 1 fully saturated rings. The molecule has 0 saturated heterocycles. The van der Waals surface area contributed by atoms with Crippen LogP contribution in [-0.4, -0.2) is 29.1 Å². The van der Waals surface area contributed by atoms with Crippen molar-refractivity contribution in [1.29, 1.82) is 0 Å². The summed E-state index contributed by atoms with van der Waals surface area (Å²) >= 11 is 0. The van der Waals surface area contributed by atoms with E-state index in [4.69, 9.17) is 0 Å². The van der Waals surface area contributed by atoms with Gasteiger partial charge in [0, 0.05) is 31.5 Å². The Morgan fingerprint density at radius 2 is 1.54 bits per heavy atom. The summed E-state index contributed by atoms with van der Waals surface area (Å²) in [6.07, 6.45) is 11.6. The Morgan fingerprint density at radius 3 is 2.27 bits per heavy atom. The van der Waals surface area contributed by atoms with Crippen molar-refractivity contribution in [1.82, 2.24) is 20.6 Å². The molecule has 0 aliphatic heterocycles. The first-order chi connectivity index (χ1) is 12.9. The molecule has 0 radical (unpaired) electrons. The summed E-state index contributed by atoms with van der Waals surface area (Å²) in [5, 5.41) is 10.5. The molecule has 5 nitrogen and oxygen atoms in total. The minimum absolute atomic E-state index is 0.667. The average Bonchev–Trinajstić information content (AvgIpc) is 2.71. The van der Waals surface area contributed by atoms with E-state index in [2.05, 4.69) is 50.2 Å². The summed E-state index contributed by atoms with van der Waals surface area (Å²) in [7, 11) is 0. The summed E-state index contributed by atoms with van der Waals surface area (Å²) in [6.45, 7) is 3.86. The molecule has 140 valence electrons. The maximum absolute atomic E-state index is 4.17. The highest BCUT2D eigenvalue weighted by atomic mass is 15.1. The lowest BCUT2D eigenvalue weighted by atomic mass is 9.95. The number of rotatable bonds is 10. The van der Waals surface area contributed by atoms with Crippen LogP contribution in [0.1, 0.15) is 49.7 Å². The topological polar surface area (TPSA) is 61.9 Å². The van der Waals surface area contributed by atoms with Gasteiger partial charge in [0.25, 0.3) is 0 Å². The number of nitrogens with zero attached hydrogens (tertiary/aromatic N) is 2. The maximum Gasteiger partial charge on any atom is 0.222 e. The molecule has 1 aromatic heterocycles. The van der Waals surface area contributed by atoms with E-state index in [-0.39, 0.29) is 0 Å². The lowest BCUT2D eigenvalue weighted by Crippen LogP contribution is -2.33. The summed E-state index contributed by atoms with van der Waals surface area (Å²) in [6, 6.07) is 11.3. The highest BCUT2D eigenvalue weighted by Crippen LogP contribution is 2.17. The van der Waals surface area contributed by atoms with Gasteiger partial charge in [0.1, 0.15) is 0 Å². The third-order valence-corrected chi connectivity index (χ3v) is 4.94. The molecular weight excluding hydrogens is 322 g/mol. The molecule has 1 saturated carbocycles. The molecule has 0 spiro atoms. The van der Waals surface area contributed by atoms with Crippen molar-refractivity contribution < 1.29 is 0 Å². The number of benzene rings is 1. The first-order valence-corrected chi connectivity index (χ1v) is 9.93. The fourth-order valence-electron chi connectivity index (χ4n) is 3.41. The molecule has 1 aliphatic carbocycles. The third kappa shape index (κ3) is 6.73. The maximum atomic E-state index is 4.17. The summed E-state index contributed by atoms with van der Waals surface area (Å²) in [4.78, 5) is 8.34. The first-order valence-electron chi connectivity index (χ1n) is 9.93. The van der Waals surface area contributed by atoms with Gasteiger partial charge in [-0.05, 0) is 49.5 Å². The smallest absolute Gasteiger partial charge is 0.222 e. The molecule has 0 bridgehead atoms. The van der Waals surface area contributed by atoms with Gasteiger partial charge in [0.15, 0.2) is 0 Å². The summed E-state index contributed by atoms with van der Waals surface area (Å²) < 4.78 is 0. The van der Waals surface area contributed by atoms with Crippen LogP contribution in [0.25, 0.3) is 0 Å². The van der Waals surface area contributed by atoms with Crippen LogP contribution in [0.15, 0.2) is 42.7 Å². The molecule has 1 heterocycles. The number of aromatic nitrogens is 2. The Morgan fingerprint density at radius 1 is 0.846 bits per heavy atom. The molecule has 26 heavy (non-hydrogen) atoms. The van der Waals surface area contributed by atoms with Crippen molar-refractivity contribution in [2.24, 2.45) is 0 Å². The highest BCUT2D eigenvalue weighted by Gasteiger charge is 2.11. The van der Waals surface area contributed by atoms with Gasteiger partial charge in [-0.2, -0.15) is 0 Å². The number of hydrogen-bond donors (Lipinski definition) is 3. The van der Waals surface area contributed by atoms with Crippen molar-refractivity contribution in [3.05, 3.63) is 53.9 Å². The Hall–Kier alpha value is -1.98. The van der Waals surface area contributed by atoms with Gasteiger partial charge in [-0.1, -0.05) is 43.5 Å². The first kappa shape index (κ1) is 18.8. The number of anilines is 1. The van der Waals surface area contributed by atoms with Gasteiger partial charge in [0.2, 0.25) is 5.95 Å². The van der Waals surface area contributed by atoms with E-state index in [0.29, 0.717) is 5.95 Å². The molecule has 3 rings (SSSR count). The lowest BCUT2D eigenvalue weighted by molar-refractivity contribution is 0.371. The van der Waals surface area contributed by atoms with Crippen molar-refractivity contribution in [3.8, 4) is 0 Å². The Bertz CT molecular complexity index is 608. The van der Waals surface area contributed by atoms with Gasteiger partial charge in [-0.15, -0.1) is 0 Å². The van der Waals surface area contributed by atoms with Crippen LogP contribution in [0.3, 0.4) is 0 Å². The van der Waals surface area contributed by atoms with Crippen molar-refractivity contribution in [3.63, 3.8) is 0 Å². The molecular formula is C21H31N5. The zero-order chi connectivity index (χ0) is 17.9. The van der Waals surface area contributed by atoms with Gasteiger partial charge in [0.05, 0.1) is 0 Å². The standard InChI is InChI=1S/C21H31N5/c1-2-6-20(7-3-1)23-13-4-12-22-16-18-8-10-19(11-9-18)17-26-21-24-14-5-15-25-21/h5,8-11,14-15,20,22-23H,1-4,6-7,12-13,16-17H2,(H,24,25,26). The van der Waals surface area contributed by atoms with Crippen molar-refractivity contribution in [2.75, 3.05) is 18.4 Å². The van der Waals surface area contributed by atoms with E-state index in [0.717, 1.165) is 32.2 Å². The Labute approximate surface area is 157 Å². The predicted octanol–water partition coefficient (Wildman–Crippen LogP) is 3.49. The van der Waals surface area contributed by atoms with Crippen LogP contribution in [-0.2, 0) is 13.1 Å². The minimum atomic E-state index is 0.667. The second-order valence-corrected chi connectivity index (χ2v) is 7.06. The van der Waals surface area contributed by atoms with E-state index in [9.17, 15) is 0 Å². The molecule has 0 unspecified atom stereocenters. The molecule has 5 heteroatoms. The lowest BCUT2D eigenvalue weighted by Gasteiger charge is -2.22. The zero-order valence-electron chi connectivity index (χ0n) is 15.6. The largest absolute Gasteiger partial charge is 0.350 e. The van der Waals surface area contributed by atoms with Gasteiger partial charge in [-0.25, -0.2) is 9.97 Å². The van der Waals surface area contributed by atoms with Crippen LogP contribution < -0.4 is 16.0 Å². The average molecular weight is 354 g/mol. The van der Waals surface area contributed by atoms with Gasteiger partial charge < -0.3 is 16.0 Å². The molecule has 2 aromatic rings. The predicted molar refractivity (Wildman–Crippen MR) is 107 cm³/mol. The van der Waals surface area contributed by atoms with Crippen LogP contribution in [0.2, 0.25) is 0 Å². The van der Waals surface area contributed by atoms with Gasteiger partial charge >= 0.3 is 0 Å². The van der Waals surface area contributed by atoms with E-state index in [1.165, 1.54) is 49.7 Å². The zero-order valence-corrected chi connectivity index (χ0v) is 15.6. The molecule has 1 aliphatic rings. The van der Waals surface area contributed by atoms with Gasteiger partial charge in [-0.3, -0.25) is 0 Å². The van der Waals surface area contributed by atoms with Crippen molar-refractivity contribution >= 4 is 5.95 Å². The Kier molecular flexibility index (Phi) is 7.87. The molecule has 1 aromatic carbocycles. The second kappa shape index (κ2) is 10.9. The van der Waals surface area contributed by atoms with Crippen LogP contribution in [0.5, 0.6) is 0 Å². The molecule has 0 amide bonds. The van der Waals surface area contributed by atoms with Crippen LogP contribution >= 0.6 is 0 Å². The second-order valence-electron chi connectivity index (χ2n) is 7.06. The van der Waals surface area contributed by atoms with E-state index >= 15 is 0 Å². The fourth-order valence-corrected chi connectivity index (χ4v) is 3.41. The number of hydrogen-bond acceptors (Lipinski definition) is 5. The fraction of sp³-hybridized carbons (Fsp3) is 0.524. The van der Waals surface area contributed by atoms with E-state index in [1.807, 2.05) is 6.07 Å². The van der Waals surface area contributed by atoms with E-state index < -0.39 is 0 Å². The summed E-state index contributed by atoms with van der Waals surface area (Å²) in [5.74, 6) is 0.667. The normalized spacial score (nSPS) is 15.1. The quantitative estimate of drug-likeness (QED) is 0.571. The molecule has 0 atom stereocenters. The van der Waals surface area contributed by atoms with Crippen LogP contribution in [0.4, 0.5) is 5.95 Å². The SMILES string of the molecule is c1cnc(NCc2ccc(CNCCCNC3CCCCC3)cc2)nc1. The monoisotopic (exact) mass is 353 g/mol. The van der Waals surface area contributed by atoms with Crippen molar-refractivity contribution in [2.45, 2.75) is 57.7 Å². The minimum Gasteiger partial charge on any atom is -0.350 e. The molecule has 3 N–H and O–H groups in total. The van der Waals surface area contributed by atoms with E-state index in [1.54, 1.807) is 12.4 Å². The number of nitrogens with one attached hydrogen (secondary N) is 3. The van der Waals surface area contributed by atoms with Crippen LogP contribution in [0, 0.1) is 0 Å².